The predicted octanol–water partition coefficient (Wildman–Crippen LogP) is 4.75. The highest BCUT2D eigenvalue weighted by Gasteiger charge is 2.14. The molecule has 0 radical (unpaired) electrons. The third kappa shape index (κ3) is 1.71. The van der Waals surface area contributed by atoms with Gasteiger partial charge in [-0.1, -0.05) is 11.6 Å². The molecule has 0 aliphatic rings. The van der Waals surface area contributed by atoms with Crippen molar-refractivity contribution < 1.29 is 4.42 Å². The number of hydrogen-bond donors (Lipinski definition) is 0. The molecule has 2 heterocycles. The summed E-state index contributed by atoms with van der Waals surface area (Å²) in [4.78, 5) is 8.11. The molecule has 0 bridgehead atoms. The Kier molecular flexibility index (Phi) is 2.54. The maximum absolute atomic E-state index is 6.11. The van der Waals surface area contributed by atoms with Crippen LogP contribution in [0, 0.1) is 6.92 Å². The zero-order valence-corrected chi connectivity index (χ0v) is 11.7. The molecule has 0 N–H and O–H groups in total. The van der Waals surface area contributed by atoms with Crippen molar-refractivity contribution in [2.45, 2.75) is 6.92 Å². The minimum Gasteiger partial charge on any atom is -0.460 e. The van der Waals surface area contributed by atoms with Gasteiger partial charge < -0.3 is 4.42 Å². The molecule has 0 unspecified atom stereocenters. The van der Waals surface area contributed by atoms with Gasteiger partial charge in [0.25, 0.3) is 0 Å². The first-order valence-corrected chi connectivity index (χ1v) is 6.32. The number of halogens is 3. The van der Waals surface area contributed by atoms with Crippen LogP contribution in [-0.2, 0) is 0 Å². The van der Waals surface area contributed by atoms with Crippen LogP contribution >= 0.6 is 39.1 Å². The third-order valence-electron chi connectivity index (χ3n) is 2.47. The first kappa shape index (κ1) is 11.3. The van der Waals surface area contributed by atoms with E-state index in [1.807, 2.05) is 19.1 Å². The maximum atomic E-state index is 6.11. The largest absolute Gasteiger partial charge is 0.460 e. The van der Waals surface area contributed by atoms with E-state index in [4.69, 9.17) is 27.6 Å². The molecule has 3 aromatic rings. The quantitative estimate of drug-likeness (QED) is 0.440. The standard InChI is InChI=1S/C11H5BrCl2N2O/c1-4-2-5-8-7(3-6(12)9(5)17-4)15-11(14)16-10(8)13/h2-3H,1H3. The van der Waals surface area contributed by atoms with Crippen LogP contribution in [0.15, 0.2) is 21.0 Å². The van der Waals surface area contributed by atoms with Crippen molar-refractivity contribution in [2.24, 2.45) is 0 Å². The van der Waals surface area contributed by atoms with Crippen molar-refractivity contribution in [2.75, 3.05) is 0 Å². The van der Waals surface area contributed by atoms with E-state index in [9.17, 15) is 0 Å². The molecular weight excluding hydrogens is 327 g/mol. The zero-order valence-electron chi connectivity index (χ0n) is 8.59. The lowest BCUT2D eigenvalue weighted by Crippen LogP contribution is -1.87. The van der Waals surface area contributed by atoms with Crippen LogP contribution in [0.2, 0.25) is 10.4 Å². The van der Waals surface area contributed by atoms with Crippen molar-refractivity contribution >= 4 is 61.0 Å². The second-order valence-corrected chi connectivity index (χ2v) is 5.19. The molecule has 3 rings (SSSR count). The van der Waals surface area contributed by atoms with Gasteiger partial charge in [0, 0.05) is 10.8 Å². The van der Waals surface area contributed by atoms with Gasteiger partial charge in [0.05, 0.1) is 9.99 Å². The molecule has 0 fully saturated rings. The Bertz CT molecular complexity index is 754. The zero-order chi connectivity index (χ0) is 12.2. The second-order valence-electron chi connectivity index (χ2n) is 3.64. The highest BCUT2D eigenvalue weighted by Crippen LogP contribution is 2.36. The fraction of sp³-hybridized carbons (Fsp3) is 0.0909. The molecular formula is C11H5BrCl2N2O. The Morgan fingerprint density at radius 1 is 1.24 bits per heavy atom. The average Bonchev–Trinajstić information content (AvgIpc) is 2.58. The lowest BCUT2D eigenvalue weighted by molar-refractivity contribution is 0.577. The molecule has 0 saturated carbocycles. The minimum atomic E-state index is 0.133. The highest BCUT2D eigenvalue weighted by molar-refractivity contribution is 9.10. The van der Waals surface area contributed by atoms with Gasteiger partial charge in [-0.15, -0.1) is 0 Å². The van der Waals surface area contributed by atoms with Gasteiger partial charge in [-0.05, 0) is 46.6 Å². The normalized spacial score (nSPS) is 11.5. The first-order chi connectivity index (χ1) is 8.06. The molecule has 2 aromatic heterocycles. The van der Waals surface area contributed by atoms with E-state index in [-0.39, 0.29) is 5.28 Å². The van der Waals surface area contributed by atoms with E-state index in [0.29, 0.717) is 10.7 Å². The number of benzene rings is 1. The topological polar surface area (TPSA) is 38.9 Å². The molecule has 6 heteroatoms. The minimum absolute atomic E-state index is 0.133. The van der Waals surface area contributed by atoms with Gasteiger partial charge in [0.2, 0.25) is 5.28 Å². The molecule has 17 heavy (non-hydrogen) atoms. The van der Waals surface area contributed by atoms with Crippen molar-refractivity contribution in [3.8, 4) is 0 Å². The van der Waals surface area contributed by atoms with Gasteiger partial charge in [0.15, 0.2) is 0 Å². The Hall–Kier alpha value is -0.840. The fourth-order valence-electron chi connectivity index (χ4n) is 1.84. The van der Waals surface area contributed by atoms with Gasteiger partial charge in [-0.3, -0.25) is 0 Å². The number of aryl methyl sites for hydroxylation is 1. The molecule has 1 aromatic carbocycles. The van der Waals surface area contributed by atoms with Crippen LogP contribution < -0.4 is 0 Å². The Morgan fingerprint density at radius 2 is 2.00 bits per heavy atom. The summed E-state index contributed by atoms with van der Waals surface area (Å²) in [6, 6.07) is 3.73. The molecule has 0 aliphatic heterocycles. The van der Waals surface area contributed by atoms with Crippen molar-refractivity contribution in [3.05, 3.63) is 32.8 Å². The van der Waals surface area contributed by atoms with Crippen LogP contribution in [0.4, 0.5) is 0 Å². The monoisotopic (exact) mass is 330 g/mol. The van der Waals surface area contributed by atoms with Crippen molar-refractivity contribution in [1.29, 1.82) is 0 Å². The van der Waals surface area contributed by atoms with Crippen molar-refractivity contribution in [1.82, 2.24) is 9.97 Å². The molecule has 0 saturated heterocycles. The molecule has 0 spiro atoms. The van der Waals surface area contributed by atoms with Crippen LogP contribution in [0.1, 0.15) is 5.76 Å². The highest BCUT2D eigenvalue weighted by atomic mass is 79.9. The number of nitrogens with zero attached hydrogens (tertiary/aromatic N) is 2. The van der Waals surface area contributed by atoms with E-state index in [2.05, 4.69) is 25.9 Å². The van der Waals surface area contributed by atoms with E-state index >= 15 is 0 Å². The summed E-state index contributed by atoms with van der Waals surface area (Å²) in [5.41, 5.74) is 1.43. The Morgan fingerprint density at radius 3 is 2.76 bits per heavy atom. The average molecular weight is 332 g/mol. The molecule has 0 atom stereocenters. The molecule has 86 valence electrons. The third-order valence-corrected chi connectivity index (χ3v) is 3.50. The molecule has 0 amide bonds. The van der Waals surface area contributed by atoms with Crippen LogP contribution in [0.25, 0.3) is 21.9 Å². The number of hydrogen-bond acceptors (Lipinski definition) is 3. The van der Waals surface area contributed by atoms with Gasteiger partial charge in [0.1, 0.15) is 16.5 Å². The lowest BCUT2D eigenvalue weighted by Gasteiger charge is -2.02. The number of rotatable bonds is 0. The van der Waals surface area contributed by atoms with Gasteiger partial charge in [-0.2, -0.15) is 0 Å². The predicted molar refractivity (Wildman–Crippen MR) is 71.8 cm³/mol. The summed E-state index contributed by atoms with van der Waals surface area (Å²) in [7, 11) is 0. The van der Waals surface area contributed by atoms with Crippen LogP contribution in [-0.4, -0.2) is 9.97 Å². The fourth-order valence-corrected chi connectivity index (χ4v) is 2.85. The number of aromatic nitrogens is 2. The summed E-state index contributed by atoms with van der Waals surface area (Å²) >= 11 is 15.3. The van der Waals surface area contributed by atoms with Gasteiger partial charge in [-0.25, -0.2) is 9.97 Å². The lowest BCUT2D eigenvalue weighted by atomic mass is 10.1. The Balaban J connectivity index is 2.62. The van der Waals surface area contributed by atoms with E-state index in [1.54, 1.807) is 0 Å². The van der Waals surface area contributed by atoms with E-state index in [0.717, 1.165) is 26.6 Å². The second kappa shape index (κ2) is 3.83. The van der Waals surface area contributed by atoms with Crippen LogP contribution in [0.5, 0.6) is 0 Å². The molecule has 0 aliphatic carbocycles. The van der Waals surface area contributed by atoms with Crippen molar-refractivity contribution in [3.63, 3.8) is 0 Å². The smallest absolute Gasteiger partial charge is 0.224 e. The number of furan rings is 1. The summed E-state index contributed by atoms with van der Waals surface area (Å²) < 4.78 is 6.42. The van der Waals surface area contributed by atoms with E-state index in [1.165, 1.54) is 0 Å². The van der Waals surface area contributed by atoms with Gasteiger partial charge >= 0.3 is 0 Å². The first-order valence-electron chi connectivity index (χ1n) is 4.77. The summed E-state index contributed by atoms with van der Waals surface area (Å²) in [5, 5.41) is 2.10. The summed E-state index contributed by atoms with van der Waals surface area (Å²) in [6.45, 7) is 1.88. The van der Waals surface area contributed by atoms with E-state index < -0.39 is 0 Å². The Labute approximate surface area is 115 Å². The maximum Gasteiger partial charge on any atom is 0.224 e. The summed E-state index contributed by atoms with van der Waals surface area (Å²) in [5.74, 6) is 0.805. The molecule has 3 nitrogen and oxygen atoms in total. The summed E-state index contributed by atoms with van der Waals surface area (Å²) in [6.07, 6.45) is 0. The van der Waals surface area contributed by atoms with Crippen LogP contribution in [0.3, 0.4) is 0 Å². The number of fused-ring (bicyclic) bond motifs is 3. The SMILES string of the molecule is Cc1cc2c(o1)c(Br)cc1nc(Cl)nc(Cl)c12.